The van der Waals surface area contributed by atoms with Crippen molar-refractivity contribution in [3.8, 4) is 0 Å². The van der Waals surface area contributed by atoms with Crippen molar-refractivity contribution >= 4 is 22.5 Å². The Morgan fingerprint density at radius 3 is 2.56 bits per heavy atom. The summed E-state index contributed by atoms with van der Waals surface area (Å²) in [6.07, 6.45) is 6.36. The number of carbonyl (C=O) groups excluding carboxylic acids is 1. The highest BCUT2D eigenvalue weighted by Gasteiger charge is 2.26. The summed E-state index contributed by atoms with van der Waals surface area (Å²) in [5.41, 5.74) is -0.478. The van der Waals surface area contributed by atoms with Crippen molar-refractivity contribution in [2.75, 3.05) is 11.9 Å². The van der Waals surface area contributed by atoms with Gasteiger partial charge in [-0.2, -0.15) is 5.10 Å². The van der Waals surface area contributed by atoms with Gasteiger partial charge in [-0.3, -0.25) is 9.48 Å². The number of rotatable bonds is 5. The highest BCUT2D eigenvalue weighted by molar-refractivity contribution is 6.04. The van der Waals surface area contributed by atoms with Crippen LogP contribution in [0.2, 0.25) is 0 Å². The molecule has 32 heavy (non-hydrogen) atoms. The monoisotopic (exact) mass is 444 g/mol. The molecule has 0 bridgehead atoms. The largest absolute Gasteiger partial charge is 0.396 e. The highest BCUT2D eigenvalue weighted by Crippen LogP contribution is 2.35. The van der Waals surface area contributed by atoms with E-state index < -0.39 is 28.8 Å². The zero-order chi connectivity index (χ0) is 23.0. The lowest BCUT2D eigenvalue weighted by Crippen LogP contribution is -2.22. The van der Waals surface area contributed by atoms with Gasteiger partial charge in [-0.25, -0.2) is 13.8 Å². The van der Waals surface area contributed by atoms with E-state index in [0.717, 1.165) is 37.3 Å². The summed E-state index contributed by atoms with van der Waals surface area (Å²) in [5.74, 6) is -2.46. The molecule has 0 saturated heterocycles. The van der Waals surface area contributed by atoms with Crippen molar-refractivity contribution in [3.05, 3.63) is 53.5 Å². The number of nitrogens with zero attached hydrogens (tertiary/aromatic N) is 3. The second-order valence-corrected chi connectivity index (χ2v) is 8.92. The fraction of sp³-hybridized carbons (Fsp3) is 0.435. The fourth-order valence-electron chi connectivity index (χ4n) is 4.24. The third-order valence-corrected chi connectivity index (χ3v) is 6.04. The highest BCUT2D eigenvalue weighted by atomic mass is 19.1. The number of anilines is 1. The van der Waals surface area contributed by atoms with Crippen molar-refractivity contribution in [1.29, 1.82) is 0 Å². The fourth-order valence-corrected chi connectivity index (χ4v) is 4.24. The molecule has 170 valence electrons. The van der Waals surface area contributed by atoms with Crippen LogP contribution in [-0.4, -0.2) is 37.5 Å². The van der Waals surface area contributed by atoms with Gasteiger partial charge < -0.3 is 15.5 Å². The van der Waals surface area contributed by atoms with E-state index in [4.69, 9.17) is 0 Å². The average Bonchev–Trinajstić information content (AvgIpc) is 3.15. The number of hydrogen-bond acceptors (Lipinski definition) is 5. The predicted octanol–water partition coefficient (Wildman–Crippen LogP) is 3.91. The summed E-state index contributed by atoms with van der Waals surface area (Å²) in [4.78, 5) is 16.2. The minimum absolute atomic E-state index is 0.204. The maximum Gasteiger partial charge on any atom is 0.277 e. The van der Waals surface area contributed by atoms with Crippen LogP contribution in [0.1, 0.15) is 61.6 Å². The van der Waals surface area contributed by atoms with Crippen LogP contribution in [0.25, 0.3) is 10.9 Å². The summed E-state index contributed by atoms with van der Waals surface area (Å²) in [5, 5.41) is 28.1. The SMILES string of the molecule is CC(C)(O)c1cc2nn(C3CCC(CO)CC3)cc2cc1NC(=O)c1ncc(F)cc1F. The molecule has 3 N–H and O–H groups in total. The van der Waals surface area contributed by atoms with Gasteiger partial charge in [0.05, 0.1) is 23.4 Å². The Kier molecular flexibility index (Phi) is 5.96. The van der Waals surface area contributed by atoms with Gasteiger partial charge in [-0.1, -0.05) is 0 Å². The van der Waals surface area contributed by atoms with Crippen LogP contribution in [0, 0.1) is 17.6 Å². The number of nitrogens with one attached hydrogen (secondary N) is 1. The molecule has 4 rings (SSSR count). The third-order valence-electron chi connectivity index (χ3n) is 6.04. The first-order chi connectivity index (χ1) is 15.2. The van der Waals surface area contributed by atoms with E-state index in [1.807, 2.05) is 10.9 Å². The summed E-state index contributed by atoms with van der Waals surface area (Å²) in [6, 6.07) is 4.20. The van der Waals surface area contributed by atoms with Crippen molar-refractivity contribution in [1.82, 2.24) is 14.8 Å². The lowest BCUT2D eigenvalue weighted by Gasteiger charge is -2.27. The number of aliphatic hydroxyl groups excluding tert-OH is 1. The van der Waals surface area contributed by atoms with Gasteiger partial charge in [0.1, 0.15) is 5.82 Å². The van der Waals surface area contributed by atoms with Crippen LogP contribution in [-0.2, 0) is 5.60 Å². The molecule has 1 saturated carbocycles. The normalized spacial score (nSPS) is 19.3. The van der Waals surface area contributed by atoms with Gasteiger partial charge in [0, 0.05) is 35.5 Å². The van der Waals surface area contributed by atoms with Crippen LogP contribution in [0.3, 0.4) is 0 Å². The maximum atomic E-state index is 14.0. The number of amides is 1. The van der Waals surface area contributed by atoms with Crippen LogP contribution in [0.4, 0.5) is 14.5 Å². The number of carbonyl (C=O) groups is 1. The van der Waals surface area contributed by atoms with Crippen LogP contribution in [0.15, 0.2) is 30.6 Å². The second kappa shape index (κ2) is 8.55. The number of aliphatic hydroxyl groups is 2. The number of hydrogen-bond donors (Lipinski definition) is 3. The second-order valence-electron chi connectivity index (χ2n) is 8.92. The molecule has 9 heteroatoms. The average molecular weight is 444 g/mol. The molecule has 3 aromatic rings. The molecule has 0 unspecified atom stereocenters. The quantitative estimate of drug-likeness (QED) is 0.554. The molecule has 0 spiro atoms. The van der Waals surface area contributed by atoms with Gasteiger partial charge in [-0.05, 0) is 57.6 Å². The van der Waals surface area contributed by atoms with Crippen LogP contribution in [0.5, 0.6) is 0 Å². The Morgan fingerprint density at radius 2 is 1.94 bits per heavy atom. The molecule has 1 aromatic carbocycles. The molecule has 0 aliphatic heterocycles. The standard InChI is InChI=1S/C23H26F2N4O3/c1-23(2,32)17-9-19-14(11-29(28-19)16-5-3-13(12-30)4-6-16)7-20(17)27-22(31)21-18(25)8-15(24)10-26-21/h7-11,13,16,30,32H,3-6,12H2,1-2H3,(H,27,31). The van der Waals surface area contributed by atoms with Crippen LogP contribution >= 0.6 is 0 Å². The lowest BCUT2D eigenvalue weighted by atomic mass is 9.87. The lowest BCUT2D eigenvalue weighted by molar-refractivity contribution is 0.0793. The molecule has 1 fully saturated rings. The van der Waals surface area contributed by atoms with E-state index in [1.165, 1.54) is 0 Å². The minimum atomic E-state index is -1.31. The number of pyridine rings is 1. The molecule has 1 amide bonds. The van der Waals surface area contributed by atoms with Crippen molar-refractivity contribution in [2.45, 2.75) is 51.2 Å². The Labute approximate surface area is 184 Å². The zero-order valence-electron chi connectivity index (χ0n) is 18.0. The number of halogens is 2. The predicted molar refractivity (Wildman–Crippen MR) is 115 cm³/mol. The zero-order valence-corrected chi connectivity index (χ0v) is 18.0. The molecule has 2 heterocycles. The Balaban J connectivity index is 1.67. The maximum absolute atomic E-state index is 14.0. The molecule has 0 radical (unpaired) electrons. The van der Waals surface area contributed by atoms with E-state index in [1.54, 1.807) is 26.0 Å². The number of benzene rings is 1. The first-order valence-electron chi connectivity index (χ1n) is 10.6. The van der Waals surface area contributed by atoms with Crippen LogP contribution < -0.4 is 5.32 Å². The summed E-state index contributed by atoms with van der Waals surface area (Å²) >= 11 is 0. The molecule has 0 atom stereocenters. The number of fused-ring (bicyclic) bond motifs is 1. The smallest absolute Gasteiger partial charge is 0.277 e. The summed E-state index contributed by atoms with van der Waals surface area (Å²) in [6.45, 7) is 3.36. The third kappa shape index (κ3) is 4.49. The summed E-state index contributed by atoms with van der Waals surface area (Å²) in [7, 11) is 0. The van der Waals surface area contributed by atoms with Crippen molar-refractivity contribution in [2.24, 2.45) is 5.92 Å². The number of aromatic nitrogens is 3. The van der Waals surface area contributed by atoms with Gasteiger partial charge in [-0.15, -0.1) is 0 Å². The molecule has 7 nitrogen and oxygen atoms in total. The van der Waals surface area contributed by atoms with E-state index >= 15 is 0 Å². The first-order valence-corrected chi connectivity index (χ1v) is 10.6. The van der Waals surface area contributed by atoms with E-state index in [-0.39, 0.29) is 12.6 Å². The van der Waals surface area contributed by atoms with Gasteiger partial charge in [0.25, 0.3) is 5.91 Å². The van der Waals surface area contributed by atoms with Gasteiger partial charge in [0.2, 0.25) is 0 Å². The minimum Gasteiger partial charge on any atom is -0.396 e. The molecule has 1 aliphatic carbocycles. The first kappa shape index (κ1) is 22.3. The van der Waals surface area contributed by atoms with E-state index in [9.17, 15) is 23.8 Å². The summed E-state index contributed by atoms with van der Waals surface area (Å²) < 4.78 is 29.1. The Morgan fingerprint density at radius 1 is 1.22 bits per heavy atom. The molecular formula is C23H26F2N4O3. The van der Waals surface area contributed by atoms with Gasteiger partial charge in [0.15, 0.2) is 11.5 Å². The molecular weight excluding hydrogens is 418 g/mol. The molecule has 2 aromatic heterocycles. The van der Waals surface area contributed by atoms with Gasteiger partial charge >= 0.3 is 0 Å². The Bertz CT molecular complexity index is 1150. The van der Waals surface area contributed by atoms with E-state index in [2.05, 4.69) is 15.4 Å². The topological polar surface area (TPSA) is 100 Å². The van der Waals surface area contributed by atoms with Crippen molar-refractivity contribution < 1.29 is 23.8 Å². The molecule has 1 aliphatic rings. The van der Waals surface area contributed by atoms with Crippen molar-refractivity contribution in [3.63, 3.8) is 0 Å². The van der Waals surface area contributed by atoms with E-state index in [0.29, 0.717) is 28.8 Å². The Hall–Kier alpha value is -2.91.